The normalized spacial score (nSPS) is 13.7. The molecule has 0 bridgehead atoms. The van der Waals surface area contributed by atoms with E-state index in [0.29, 0.717) is 12.2 Å². The highest BCUT2D eigenvalue weighted by Crippen LogP contribution is 2.37. The van der Waals surface area contributed by atoms with E-state index in [0.717, 1.165) is 22.3 Å². The molecule has 2 aromatic rings. The van der Waals surface area contributed by atoms with Crippen LogP contribution in [0.5, 0.6) is 0 Å². The fourth-order valence-corrected chi connectivity index (χ4v) is 2.69. The first-order valence-corrected chi connectivity index (χ1v) is 5.95. The van der Waals surface area contributed by atoms with Gasteiger partial charge in [-0.2, -0.15) is 5.26 Å². The number of hydrogen-bond donors (Lipinski definition) is 0. The molecule has 0 aromatic carbocycles. The Hall–Kier alpha value is -1.89. The molecule has 1 unspecified atom stereocenters. The highest BCUT2D eigenvalue weighted by molar-refractivity contribution is 7.15. The Balaban J connectivity index is 2.37. The molecule has 0 saturated heterocycles. The molecular weight excluding hydrogens is 247 g/mol. The summed E-state index contributed by atoms with van der Waals surface area (Å²) >= 11 is 0. The van der Waals surface area contributed by atoms with Crippen LogP contribution in [0.4, 0.5) is 5.82 Å². The van der Waals surface area contributed by atoms with Crippen LogP contribution < -0.4 is 5.06 Å². The molecular formula is C12H11N4OP. The lowest BCUT2D eigenvalue weighted by atomic mass is 10.1. The van der Waals surface area contributed by atoms with E-state index in [-0.39, 0.29) is 0 Å². The molecule has 18 heavy (non-hydrogen) atoms. The first-order valence-electron chi connectivity index (χ1n) is 5.44. The Morgan fingerprint density at radius 2 is 2.39 bits per heavy atom. The summed E-state index contributed by atoms with van der Waals surface area (Å²) in [4.78, 5) is 9.45. The monoisotopic (exact) mass is 258 g/mol. The van der Waals surface area contributed by atoms with Gasteiger partial charge >= 0.3 is 0 Å². The van der Waals surface area contributed by atoms with Gasteiger partial charge in [-0.15, -0.1) is 0 Å². The maximum absolute atomic E-state index is 8.93. The van der Waals surface area contributed by atoms with E-state index in [2.05, 4.69) is 26.5 Å². The number of hydroxylamine groups is 1. The molecule has 3 heterocycles. The van der Waals surface area contributed by atoms with Gasteiger partial charge in [0.25, 0.3) is 0 Å². The van der Waals surface area contributed by atoms with Crippen molar-refractivity contribution in [2.75, 3.05) is 18.7 Å². The summed E-state index contributed by atoms with van der Waals surface area (Å²) in [5, 5.41) is 11.7. The van der Waals surface area contributed by atoms with Crippen LogP contribution in [0, 0.1) is 11.3 Å². The van der Waals surface area contributed by atoms with Crippen LogP contribution in [0.15, 0.2) is 18.3 Å². The summed E-state index contributed by atoms with van der Waals surface area (Å²) < 4.78 is 1.95. The van der Waals surface area contributed by atoms with Crippen molar-refractivity contribution in [3.63, 3.8) is 0 Å². The molecule has 0 amide bonds. The number of pyridine rings is 1. The van der Waals surface area contributed by atoms with Crippen molar-refractivity contribution in [3.05, 3.63) is 29.6 Å². The van der Waals surface area contributed by atoms with Crippen LogP contribution >= 0.6 is 9.39 Å². The number of hydrogen-bond acceptors (Lipinski definition) is 4. The van der Waals surface area contributed by atoms with Crippen LogP contribution in [-0.2, 0) is 4.84 Å². The van der Waals surface area contributed by atoms with E-state index in [1.165, 1.54) is 0 Å². The van der Waals surface area contributed by atoms with Gasteiger partial charge in [0.2, 0.25) is 0 Å². The van der Waals surface area contributed by atoms with E-state index >= 15 is 0 Å². The molecule has 0 radical (unpaired) electrons. The number of aromatic nitrogens is 2. The third-order valence-electron chi connectivity index (χ3n) is 3.03. The zero-order valence-corrected chi connectivity index (χ0v) is 10.9. The van der Waals surface area contributed by atoms with Crippen LogP contribution in [0.1, 0.15) is 11.3 Å². The van der Waals surface area contributed by atoms with Gasteiger partial charge in [-0.25, -0.2) is 10.0 Å². The lowest BCUT2D eigenvalue weighted by molar-refractivity contribution is 0.172. The summed E-state index contributed by atoms with van der Waals surface area (Å²) in [5.41, 5.74) is 2.42. The molecule has 3 rings (SSSR count). The van der Waals surface area contributed by atoms with Crippen molar-refractivity contribution >= 4 is 32.2 Å². The van der Waals surface area contributed by atoms with Crippen LogP contribution in [0.2, 0.25) is 0 Å². The van der Waals surface area contributed by atoms with Crippen LogP contribution in [0.3, 0.4) is 0 Å². The molecule has 90 valence electrons. The number of anilines is 1. The third-order valence-corrected chi connectivity index (χ3v) is 3.55. The summed E-state index contributed by atoms with van der Waals surface area (Å²) in [6.45, 7) is 0.701. The van der Waals surface area contributed by atoms with E-state index in [1.54, 1.807) is 24.4 Å². The first kappa shape index (κ1) is 11.2. The average molecular weight is 258 g/mol. The fourth-order valence-electron chi connectivity index (χ4n) is 2.21. The average Bonchev–Trinajstić information content (AvgIpc) is 2.72. The van der Waals surface area contributed by atoms with Crippen molar-refractivity contribution in [3.8, 4) is 6.07 Å². The molecule has 1 aliphatic heterocycles. The second-order valence-electron chi connectivity index (χ2n) is 3.95. The maximum atomic E-state index is 8.93. The van der Waals surface area contributed by atoms with Gasteiger partial charge in [-0.1, -0.05) is 12.2 Å². The van der Waals surface area contributed by atoms with Gasteiger partial charge in [0, 0.05) is 10.9 Å². The molecule has 1 aliphatic rings. The van der Waals surface area contributed by atoms with E-state index in [4.69, 9.17) is 10.1 Å². The smallest absolute Gasteiger partial charge is 0.144 e. The molecule has 5 nitrogen and oxygen atoms in total. The van der Waals surface area contributed by atoms with Gasteiger partial charge in [0.05, 0.1) is 25.4 Å². The predicted octanol–water partition coefficient (Wildman–Crippen LogP) is 1.94. The second kappa shape index (κ2) is 4.09. The summed E-state index contributed by atoms with van der Waals surface area (Å²) in [6, 6.07) is 3.87. The molecule has 0 aliphatic carbocycles. The summed E-state index contributed by atoms with van der Waals surface area (Å²) in [7, 11) is 4.30. The largest absolute Gasteiger partial charge is 0.308 e. The lowest BCUT2D eigenvalue weighted by Crippen LogP contribution is -2.25. The van der Waals surface area contributed by atoms with Gasteiger partial charge in [0.15, 0.2) is 0 Å². The molecule has 1 atom stereocenters. The molecule has 0 spiro atoms. The van der Waals surface area contributed by atoms with Gasteiger partial charge in [-0.3, -0.25) is 4.84 Å². The second-order valence-corrected chi connectivity index (χ2v) is 4.47. The fraction of sp³-hybridized carbons (Fsp3) is 0.167. The Bertz CT molecular complexity index is 698. The van der Waals surface area contributed by atoms with Crippen LogP contribution in [0.25, 0.3) is 17.0 Å². The van der Waals surface area contributed by atoms with Crippen molar-refractivity contribution in [1.29, 1.82) is 5.26 Å². The zero-order valence-electron chi connectivity index (χ0n) is 9.79. The number of nitriles is 1. The van der Waals surface area contributed by atoms with Crippen LogP contribution in [-0.4, -0.2) is 23.0 Å². The number of nitrogens with zero attached hydrogens (tertiary/aromatic N) is 4. The minimum atomic E-state index is 0.420. The minimum absolute atomic E-state index is 0.420. The minimum Gasteiger partial charge on any atom is -0.308 e. The van der Waals surface area contributed by atoms with Crippen molar-refractivity contribution < 1.29 is 4.84 Å². The molecule has 2 aromatic heterocycles. The van der Waals surface area contributed by atoms with Crippen molar-refractivity contribution in [1.82, 2.24) is 9.32 Å². The van der Waals surface area contributed by atoms with E-state index in [9.17, 15) is 0 Å². The van der Waals surface area contributed by atoms with Gasteiger partial charge < -0.3 is 4.34 Å². The van der Waals surface area contributed by atoms with Gasteiger partial charge in [0.1, 0.15) is 17.6 Å². The maximum Gasteiger partial charge on any atom is 0.144 e. The number of fused-ring (bicyclic) bond motifs is 3. The Morgan fingerprint density at radius 3 is 3.11 bits per heavy atom. The molecule has 6 heteroatoms. The van der Waals surface area contributed by atoms with Crippen molar-refractivity contribution in [2.45, 2.75) is 0 Å². The third kappa shape index (κ3) is 1.43. The highest BCUT2D eigenvalue weighted by Gasteiger charge is 2.21. The predicted molar refractivity (Wildman–Crippen MR) is 72.9 cm³/mol. The SMILES string of the molecule is CON1CC=Cc2c1n(P)c1cnc(C#N)cc21. The Kier molecular flexibility index (Phi) is 2.55. The van der Waals surface area contributed by atoms with Gasteiger partial charge in [-0.05, 0) is 15.5 Å². The molecule has 0 saturated carbocycles. The zero-order chi connectivity index (χ0) is 12.7. The molecule has 0 N–H and O–H groups in total. The summed E-state index contributed by atoms with van der Waals surface area (Å²) in [5.74, 6) is 0.955. The first-order chi connectivity index (χ1) is 8.76. The Morgan fingerprint density at radius 1 is 1.56 bits per heavy atom. The standard InChI is InChI=1S/C12H11N4OP/c1-17-15-4-2-3-9-10-5-8(6-13)14-7-11(10)16(18)12(9)15/h2-3,5,7H,4,18H2,1H3. The quantitative estimate of drug-likeness (QED) is 0.733. The highest BCUT2D eigenvalue weighted by atomic mass is 31.0. The number of rotatable bonds is 1. The Labute approximate surface area is 106 Å². The molecule has 0 fully saturated rings. The van der Waals surface area contributed by atoms with E-state index < -0.39 is 0 Å². The summed E-state index contributed by atoms with van der Waals surface area (Å²) in [6.07, 6.45) is 5.79. The lowest BCUT2D eigenvalue weighted by Gasteiger charge is -2.24. The van der Waals surface area contributed by atoms with E-state index in [1.807, 2.05) is 10.4 Å². The van der Waals surface area contributed by atoms with Crippen molar-refractivity contribution in [2.24, 2.45) is 0 Å². The topological polar surface area (TPSA) is 54.1 Å².